The molecule has 0 radical (unpaired) electrons. The molecule has 0 saturated carbocycles. The summed E-state index contributed by atoms with van der Waals surface area (Å²) in [6.07, 6.45) is 0.339. The monoisotopic (exact) mass is 386 g/mol. The summed E-state index contributed by atoms with van der Waals surface area (Å²) in [5.41, 5.74) is -0.867. The van der Waals surface area contributed by atoms with Gasteiger partial charge in [0.1, 0.15) is 11.6 Å². The molecule has 1 aromatic rings. The molecule has 0 unspecified atom stereocenters. The van der Waals surface area contributed by atoms with Crippen LogP contribution < -0.4 is 5.32 Å². The number of nitro benzene ring substituents is 1. The summed E-state index contributed by atoms with van der Waals surface area (Å²) in [4.78, 5) is 45.8. The van der Waals surface area contributed by atoms with Gasteiger partial charge in [-0.25, -0.2) is 9.59 Å². The summed E-state index contributed by atoms with van der Waals surface area (Å²) < 4.78 is 9.40. The maximum atomic E-state index is 12.0. The van der Waals surface area contributed by atoms with E-state index in [1.807, 2.05) is 13.8 Å². The van der Waals surface area contributed by atoms with Gasteiger partial charge in [0.25, 0.3) is 11.6 Å². The molecule has 0 aromatic heterocycles. The number of nitrogens with zero attached hydrogens (tertiary/aromatic N) is 1. The highest BCUT2D eigenvalue weighted by Gasteiger charge is 2.25. The van der Waals surface area contributed by atoms with Gasteiger partial charge >= 0.3 is 11.9 Å². The molecule has 1 rings (SSSR count). The molecule has 1 aromatic carbocycles. The summed E-state index contributed by atoms with van der Waals surface area (Å²) in [5, 5.41) is 13.5. The maximum absolute atomic E-state index is 12.0. The third-order valence-electron chi connectivity index (χ3n) is 3.24. The Labute approximate surface area is 154 Å². The number of benzene rings is 1. The largest absolute Gasteiger partial charge is 0.467 e. The molecule has 0 bridgehead atoms. The number of hydrogen-bond acceptors (Lipinski definition) is 7. The number of carbonyl (C=O) groups excluding carboxylic acids is 3. The predicted molar refractivity (Wildman–Crippen MR) is 91.8 cm³/mol. The molecular weight excluding hydrogens is 368 g/mol. The second-order valence-corrected chi connectivity index (χ2v) is 6.20. The quantitative estimate of drug-likeness (QED) is 0.412. The summed E-state index contributed by atoms with van der Waals surface area (Å²) in [7, 11) is 1.19. The van der Waals surface area contributed by atoms with Crippen LogP contribution in [0.15, 0.2) is 18.2 Å². The Kier molecular flexibility index (Phi) is 7.98. The van der Waals surface area contributed by atoms with Gasteiger partial charge in [0.15, 0.2) is 6.61 Å². The van der Waals surface area contributed by atoms with Crippen molar-refractivity contribution in [1.82, 2.24) is 5.32 Å². The number of carbonyl (C=O) groups is 3. The molecule has 10 heteroatoms. The first-order valence-corrected chi connectivity index (χ1v) is 8.01. The zero-order valence-electron chi connectivity index (χ0n) is 14.5. The molecule has 0 fully saturated rings. The maximum Gasteiger partial charge on any atom is 0.345 e. The third-order valence-corrected chi connectivity index (χ3v) is 3.47. The van der Waals surface area contributed by atoms with Crippen LogP contribution in [-0.4, -0.2) is 42.5 Å². The van der Waals surface area contributed by atoms with E-state index in [0.29, 0.717) is 6.42 Å². The Hall–Kier alpha value is -2.68. The van der Waals surface area contributed by atoms with Crippen molar-refractivity contribution in [1.29, 1.82) is 0 Å². The standard InChI is InChI=1S/C16H19ClN2O7/c1-9(2)6-12(16(22)25-3)18-14(20)8-26-15(21)11-7-10(17)4-5-13(11)19(23)24/h4-5,7,9,12H,6,8H2,1-3H3,(H,18,20)/t12-/m0/s1. The molecule has 9 nitrogen and oxygen atoms in total. The van der Waals surface area contributed by atoms with E-state index in [1.54, 1.807) is 0 Å². The lowest BCUT2D eigenvalue weighted by Crippen LogP contribution is -2.44. The first kappa shape index (κ1) is 21.4. The van der Waals surface area contributed by atoms with Crippen LogP contribution in [0, 0.1) is 16.0 Å². The normalized spacial score (nSPS) is 11.6. The van der Waals surface area contributed by atoms with Gasteiger partial charge < -0.3 is 14.8 Å². The molecule has 1 N–H and O–H groups in total. The summed E-state index contributed by atoms with van der Waals surface area (Å²) in [5.74, 6) is -2.33. The van der Waals surface area contributed by atoms with Crippen molar-refractivity contribution in [3.05, 3.63) is 38.9 Å². The van der Waals surface area contributed by atoms with Crippen molar-refractivity contribution in [3.8, 4) is 0 Å². The van der Waals surface area contributed by atoms with Crippen LogP contribution in [0.4, 0.5) is 5.69 Å². The molecule has 0 heterocycles. The number of hydrogen-bond donors (Lipinski definition) is 1. The molecule has 142 valence electrons. The molecule has 26 heavy (non-hydrogen) atoms. The first-order chi connectivity index (χ1) is 12.1. The second kappa shape index (κ2) is 9.71. The molecule has 1 atom stereocenters. The van der Waals surface area contributed by atoms with Crippen LogP contribution >= 0.6 is 11.6 Å². The van der Waals surface area contributed by atoms with E-state index in [2.05, 4.69) is 10.1 Å². The minimum atomic E-state index is -1.08. The predicted octanol–water partition coefficient (Wildman–Crippen LogP) is 2.11. The average molecular weight is 387 g/mol. The third kappa shape index (κ3) is 6.32. The fourth-order valence-corrected chi connectivity index (χ4v) is 2.28. The number of esters is 2. The highest BCUT2D eigenvalue weighted by Crippen LogP contribution is 2.23. The smallest absolute Gasteiger partial charge is 0.345 e. The fraction of sp³-hybridized carbons (Fsp3) is 0.438. The first-order valence-electron chi connectivity index (χ1n) is 7.64. The van der Waals surface area contributed by atoms with Gasteiger partial charge in [-0.3, -0.25) is 14.9 Å². The van der Waals surface area contributed by atoms with Gasteiger partial charge in [-0.15, -0.1) is 0 Å². The highest BCUT2D eigenvalue weighted by atomic mass is 35.5. The summed E-state index contributed by atoms with van der Waals surface area (Å²) in [6.45, 7) is 3.01. The molecule has 0 saturated heterocycles. The Morgan fingerprint density at radius 1 is 1.31 bits per heavy atom. The van der Waals surface area contributed by atoms with E-state index in [-0.39, 0.29) is 16.5 Å². The van der Waals surface area contributed by atoms with E-state index in [0.717, 1.165) is 12.1 Å². The second-order valence-electron chi connectivity index (χ2n) is 5.77. The van der Waals surface area contributed by atoms with E-state index in [4.69, 9.17) is 16.3 Å². The summed E-state index contributed by atoms with van der Waals surface area (Å²) >= 11 is 5.74. The number of methoxy groups -OCH3 is 1. The van der Waals surface area contributed by atoms with E-state index >= 15 is 0 Å². The SMILES string of the molecule is COC(=O)[C@H](CC(C)C)NC(=O)COC(=O)c1cc(Cl)ccc1[N+](=O)[O-]. The zero-order chi connectivity index (χ0) is 19.9. The molecule has 0 aliphatic carbocycles. The van der Waals surface area contributed by atoms with E-state index in [9.17, 15) is 24.5 Å². The van der Waals surface area contributed by atoms with Gasteiger partial charge in [0, 0.05) is 11.1 Å². The lowest BCUT2D eigenvalue weighted by atomic mass is 10.0. The molecular formula is C16H19ClN2O7. The Morgan fingerprint density at radius 2 is 1.96 bits per heavy atom. The van der Waals surface area contributed by atoms with Crippen molar-refractivity contribution in [2.24, 2.45) is 5.92 Å². The van der Waals surface area contributed by atoms with Crippen molar-refractivity contribution in [2.45, 2.75) is 26.3 Å². The van der Waals surface area contributed by atoms with Gasteiger partial charge in [-0.05, 0) is 24.5 Å². The van der Waals surface area contributed by atoms with Crippen LogP contribution in [0.2, 0.25) is 5.02 Å². The number of nitrogens with one attached hydrogen (secondary N) is 1. The number of amides is 1. The molecule has 0 spiro atoms. The van der Waals surface area contributed by atoms with Gasteiger partial charge in [-0.2, -0.15) is 0 Å². The van der Waals surface area contributed by atoms with Crippen molar-refractivity contribution in [3.63, 3.8) is 0 Å². The number of nitro groups is 1. The van der Waals surface area contributed by atoms with Gasteiger partial charge in [0.05, 0.1) is 12.0 Å². The van der Waals surface area contributed by atoms with Crippen LogP contribution in [0.3, 0.4) is 0 Å². The molecule has 0 aliphatic heterocycles. The Morgan fingerprint density at radius 3 is 2.50 bits per heavy atom. The van der Waals surface area contributed by atoms with Crippen molar-refractivity contribution < 1.29 is 28.8 Å². The molecule has 1 amide bonds. The highest BCUT2D eigenvalue weighted by molar-refractivity contribution is 6.31. The summed E-state index contributed by atoms with van der Waals surface area (Å²) in [6, 6.07) is 2.52. The topological polar surface area (TPSA) is 125 Å². The van der Waals surface area contributed by atoms with Crippen LogP contribution in [0.5, 0.6) is 0 Å². The lowest BCUT2D eigenvalue weighted by molar-refractivity contribution is -0.385. The lowest BCUT2D eigenvalue weighted by Gasteiger charge is -2.18. The zero-order valence-corrected chi connectivity index (χ0v) is 15.2. The van der Waals surface area contributed by atoms with Crippen molar-refractivity contribution in [2.75, 3.05) is 13.7 Å². The van der Waals surface area contributed by atoms with Crippen LogP contribution in [0.1, 0.15) is 30.6 Å². The van der Waals surface area contributed by atoms with Crippen LogP contribution in [0.25, 0.3) is 0 Å². The van der Waals surface area contributed by atoms with Crippen LogP contribution in [-0.2, 0) is 19.1 Å². The fourth-order valence-electron chi connectivity index (χ4n) is 2.10. The van der Waals surface area contributed by atoms with Gasteiger partial charge in [0.2, 0.25) is 0 Å². The number of rotatable bonds is 8. The number of halogens is 1. The Bertz CT molecular complexity index is 706. The van der Waals surface area contributed by atoms with Gasteiger partial charge in [-0.1, -0.05) is 25.4 Å². The number of ether oxygens (including phenoxy) is 2. The average Bonchev–Trinajstić information content (AvgIpc) is 2.57. The van der Waals surface area contributed by atoms with E-state index in [1.165, 1.54) is 13.2 Å². The minimum absolute atomic E-state index is 0.106. The van der Waals surface area contributed by atoms with E-state index < -0.39 is 41.1 Å². The van der Waals surface area contributed by atoms with Crippen molar-refractivity contribution >= 4 is 35.1 Å². The Balaban J connectivity index is 2.75. The minimum Gasteiger partial charge on any atom is -0.467 e. The molecule has 0 aliphatic rings.